The molecule has 1 N–H and O–H groups in total. The second-order valence-electron chi connectivity index (χ2n) is 1.47. The van der Waals surface area contributed by atoms with E-state index in [2.05, 4.69) is 10.8 Å². The van der Waals surface area contributed by atoms with Crippen LogP contribution in [-0.4, -0.2) is 27.2 Å². The maximum absolute atomic E-state index is 4.72. The summed E-state index contributed by atoms with van der Waals surface area (Å²) in [4.78, 5) is 4.72. The molecule has 0 saturated carbocycles. The Morgan fingerprint density at radius 1 is 1.62 bits per heavy atom. The minimum absolute atomic E-state index is 0.720. The largest absolute Gasteiger partial charge is 0.320 e. The lowest BCUT2D eigenvalue weighted by atomic mass is 10.5. The maximum atomic E-state index is 4.72. The molecule has 0 rings (SSSR count). The zero-order valence-corrected chi connectivity index (χ0v) is 5.48. The van der Waals surface area contributed by atoms with Crippen LogP contribution in [0.1, 0.15) is 6.42 Å². The average molecular weight is 117 g/mol. The van der Waals surface area contributed by atoms with Gasteiger partial charge in [-0.3, -0.25) is 4.84 Å². The Kier molecular flexibility index (Phi) is 6.78. The number of hydroxylamine groups is 1. The number of hydrogen-bond donors (Lipinski definition) is 1. The zero-order valence-electron chi connectivity index (χ0n) is 5.48. The maximum Gasteiger partial charge on any atom is 0.0714 e. The molecule has 0 aliphatic rings. The molecule has 49 valence electrons. The molecule has 0 fully saturated rings. The van der Waals surface area contributed by atoms with Gasteiger partial charge in [0.25, 0.3) is 0 Å². The molecule has 8 heavy (non-hydrogen) atoms. The van der Waals surface area contributed by atoms with Gasteiger partial charge in [0.15, 0.2) is 0 Å². The van der Waals surface area contributed by atoms with E-state index in [4.69, 9.17) is 4.84 Å². The van der Waals surface area contributed by atoms with Crippen LogP contribution in [-0.2, 0) is 4.84 Å². The van der Waals surface area contributed by atoms with E-state index in [0.29, 0.717) is 0 Å². The summed E-state index contributed by atoms with van der Waals surface area (Å²) in [7, 11) is 3.56. The Hall–Kier alpha value is -0.120. The number of rotatable bonds is 5. The van der Waals surface area contributed by atoms with Gasteiger partial charge in [0.1, 0.15) is 0 Å². The fourth-order valence-electron chi connectivity index (χ4n) is 0.405. The van der Waals surface area contributed by atoms with E-state index in [-0.39, 0.29) is 0 Å². The Morgan fingerprint density at radius 2 is 2.38 bits per heavy atom. The minimum Gasteiger partial charge on any atom is -0.320 e. The zero-order chi connectivity index (χ0) is 6.24. The molecule has 0 saturated heterocycles. The van der Waals surface area contributed by atoms with Crippen molar-refractivity contribution in [2.45, 2.75) is 6.42 Å². The SMILES string of the molecule is C[N]OCCCNC. The smallest absolute Gasteiger partial charge is 0.0714 e. The van der Waals surface area contributed by atoms with E-state index in [1.165, 1.54) is 0 Å². The van der Waals surface area contributed by atoms with E-state index >= 15 is 0 Å². The molecule has 0 bridgehead atoms. The van der Waals surface area contributed by atoms with Gasteiger partial charge in [-0.2, -0.15) is 0 Å². The molecule has 0 unspecified atom stereocenters. The van der Waals surface area contributed by atoms with Gasteiger partial charge in [-0.05, 0) is 20.0 Å². The second-order valence-corrected chi connectivity index (χ2v) is 1.47. The number of nitrogens with zero attached hydrogens (tertiary/aromatic N) is 1. The lowest BCUT2D eigenvalue weighted by Crippen LogP contribution is -2.11. The van der Waals surface area contributed by atoms with Crippen molar-refractivity contribution in [3.05, 3.63) is 0 Å². The van der Waals surface area contributed by atoms with E-state index in [1.54, 1.807) is 7.05 Å². The van der Waals surface area contributed by atoms with Gasteiger partial charge >= 0.3 is 0 Å². The quantitative estimate of drug-likeness (QED) is 0.398. The van der Waals surface area contributed by atoms with Crippen LogP contribution >= 0.6 is 0 Å². The summed E-state index contributed by atoms with van der Waals surface area (Å²) in [6.07, 6.45) is 1.02. The Labute approximate surface area is 50.4 Å². The first-order valence-electron chi connectivity index (χ1n) is 2.77. The van der Waals surface area contributed by atoms with Crippen molar-refractivity contribution in [1.82, 2.24) is 10.8 Å². The highest BCUT2D eigenvalue weighted by atomic mass is 16.6. The number of hydrogen-bond acceptors (Lipinski definition) is 2. The molecule has 0 heterocycles. The molecule has 0 aromatic heterocycles. The molecule has 1 radical (unpaired) electrons. The second kappa shape index (κ2) is 6.88. The monoisotopic (exact) mass is 117 g/mol. The molecule has 0 aromatic rings. The normalized spacial score (nSPS) is 9.75. The summed E-state index contributed by atoms with van der Waals surface area (Å²) in [5.74, 6) is 0. The molecule has 0 aliphatic heterocycles. The van der Waals surface area contributed by atoms with E-state index in [0.717, 1.165) is 19.6 Å². The van der Waals surface area contributed by atoms with E-state index in [9.17, 15) is 0 Å². The van der Waals surface area contributed by atoms with Crippen LogP contribution in [0, 0.1) is 0 Å². The third-order valence-electron chi connectivity index (χ3n) is 0.792. The summed E-state index contributed by atoms with van der Waals surface area (Å²) in [6.45, 7) is 1.72. The highest BCUT2D eigenvalue weighted by molar-refractivity contribution is 4.36. The molecule has 0 spiro atoms. The van der Waals surface area contributed by atoms with Gasteiger partial charge < -0.3 is 5.32 Å². The molecule has 3 heteroatoms. The van der Waals surface area contributed by atoms with Crippen LogP contribution in [0.25, 0.3) is 0 Å². The third-order valence-corrected chi connectivity index (χ3v) is 0.792. The Bertz CT molecular complexity index is 35.4. The first-order valence-corrected chi connectivity index (χ1v) is 2.77. The van der Waals surface area contributed by atoms with Crippen molar-refractivity contribution in [2.24, 2.45) is 0 Å². The van der Waals surface area contributed by atoms with Gasteiger partial charge in [0.2, 0.25) is 0 Å². The van der Waals surface area contributed by atoms with Crippen LogP contribution in [0.4, 0.5) is 0 Å². The Morgan fingerprint density at radius 3 is 2.88 bits per heavy atom. The number of nitrogens with one attached hydrogen (secondary N) is 1. The standard InChI is InChI=1S/C5H13N2O/c1-6-4-3-5-8-7-2/h6H,3-5H2,1-2H3. The summed E-state index contributed by atoms with van der Waals surface area (Å²) >= 11 is 0. The van der Waals surface area contributed by atoms with Crippen LogP contribution in [0.5, 0.6) is 0 Å². The molecule has 0 aromatic carbocycles. The highest BCUT2D eigenvalue weighted by Crippen LogP contribution is 1.74. The van der Waals surface area contributed by atoms with E-state index in [1.807, 2.05) is 7.05 Å². The molecule has 0 amide bonds. The molecular formula is C5H13N2O. The van der Waals surface area contributed by atoms with Crippen molar-refractivity contribution in [1.29, 1.82) is 0 Å². The van der Waals surface area contributed by atoms with Crippen LogP contribution in [0.15, 0.2) is 0 Å². The Balaban J connectivity index is 2.53. The predicted molar refractivity (Wildman–Crippen MR) is 32.6 cm³/mol. The average Bonchev–Trinajstić information content (AvgIpc) is 1.81. The molecular weight excluding hydrogens is 104 g/mol. The van der Waals surface area contributed by atoms with Gasteiger partial charge in [-0.15, -0.1) is 5.48 Å². The third kappa shape index (κ3) is 5.88. The van der Waals surface area contributed by atoms with Crippen LogP contribution in [0.3, 0.4) is 0 Å². The lowest BCUT2D eigenvalue weighted by molar-refractivity contribution is 0.0487. The fourth-order valence-corrected chi connectivity index (χ4v) is 0.405. The highest BCUT2D eigenvalue weighted by Gasteiger charge is 1.82. The fraction of sp³-hybridized carbons (Fsp3) is 1.00. The topological polar surface area (TPSA) is 35.4 Å². The molecule has 3 nitrogen and oxygen atoms in total. The first kappa shape index (κ1) is 7.88. The summed E-state index contributed by atoms with van der Waals surface area (Å²) < 4.78 is 0. The lowest BCUT2D eigenvalue weighted by Gasteiger charge is -1.96. The van der Waals surface area contributed by atoms with Gasteiger partial charge in [0.05, 0.1) is 6.61 Å². The molecule has 0 atom stereocenters. The van der Waals surface area contributed by atoms with Crippen molar-refractivity contribution < 1.29 is 4.84 Å². The van der Waals surface area contributed by atoms with Gasteiger partial charge in [-0.1, -0.05) is 0 Å². The van der Waals surface area contributed by atoms with Gasteiger partial charge in [0, 0.05) is 7.05 Å². The van der Waals surface area contributed by atoms with Crippen molar-refractivity contribution in [3.8, 4) is 0 Å². The van der Waals surface area contributed by atoms with Gasteiger partial charge in [-0.25, -0.2) is 0 Å². The first-order chi connectivity index (χ1) is 3.91. The minimum atomic E-state index is 0.720. The summed E-state index contributed by atoms with van der Waals surface area (Å²) in [5.41, 5.74) is 3.48. The van der Waals surface area contributed by atoms with Crippen molar-refractivity contribution in [3.63, 3.8) is 0 Å². The summed E-state index contributed by atoms with van der Waals surface area (Å²) in [5, 5.41) is 3.00. The van der Waals surface area contributed by atoms with E-state index < -0.39 is 0 Å². The van der Waals surface area contributed by atoms with Crippen molar-refractivity contribution >= 4 is 0 Å². The molecule has 0 aliphatic carbocycles. The van der Waals surface area contributed by atoms with Crippen LogP contribution < -0.4 is 10.8 Å². The predicted octanol–water partition coefficient (Wildman–Crippen LogP) is -0.238. The summed E-state index contributed by atoms with van der Waals surface area (Å²) in [6, 6.07) is 0. The van der Waals surface area contributed by atoms with Crippen molar-refractivity contribution in [2.75, 3.05) is 27.2 Å². The van der Waals surface area contributed by atoms with Crippen LogP contribution in [0.2, 0.25) is 0 Å².